The van der Waals surface area contributed by atoms with E-state index >= 15 is 0 Å². The van der Waals surface area contributed by atoms with Gasteiger partial charge in [0.1, 0.15) is 24.7 Å². The molecular formula is C20H20FN5O. The molecule has 3 aromatic rings. The van der Waals surface area contributed by atoms with Gasteiger partial charge < -0.3 is 9.72 Å². The van der Waals surface area contributed by atoms with E-state index in [4.69, 9.17) is 10.00 Å². The van der Waals surface area contributed by atoms with Crippen molar-refractivity contribution in [2.45, 2.75) is 32.4 Å². The molecule has 1 fully saturated rings. The highest BCUT2D eigenvalue weighted by molar-refractivity contribution is 5.76. The molecule has 138 valence electrons. The standard InChI is InChI=1S/C20H20FN5O/c1-13-3-2-6-23-18(13)10-26-9-15(21)19(11-26)27-12-20-24-16-5-4-14(8-22)7-17(16)25-20/h2-7,15,19H,9-12H2,1H3,(H,24,25)/t15-,19+/m1/s1. The summed E-state index contributed by atoms with van der Waals surface area (Å²) in [5, 5.41) is 8.97. The molecule has 1 aliphatic heterocycles. The van der Waals surface area contributed by atoms with Crippen LogP contribution in [0.2, 0.25) is 0 Å². The maximum Gasteiger partial charge on any atom is 0.140 e. The smallest absolute Gasteiger partial charge is 0.140 e. The van der Waals surface area contributed by atoms with E-state index in [2.05, 4.69) is 21.0 Å². The fourth-order valence-electron chi connectivity index (χ4n) is 3.38. The van der Waals surface area contributed by atoms with Gasteiger partial charge in [-0.25, -0.2) is 9.37 Å². The molecule has 0 amide bonds. The molecule has 1 N–H and O–H groups in total. The number of hydrogen-bond donors (Lipinski definition) is 1. The van der Waals surface area contributed by atoms with Gasteiger partial charge in [0, 0.05) is 25.8 Å². The SMILES string of the molecule is Cc1cccnc1CN1C[C@@H](F)[C@@H](OCc2nc3ccc(C#N)cc3[nH]2)C1. The van der Waals surface area contributed by atoms with E-state index in [-0.39, 0.29) is 6.61 Å². The van der Waals surface area contributed by atoms with Gasteiger partial charge in [-0.2, -0.15) is 5.26 Å². The van der Waals surface area contributed by atoms with Crippen LogP contribution in [-0.2, 0) is 17.9 Å². The van der Waals surface area contributed by atoms with Gasteiger partial charge in [0.05, 0.1) is 28.4 Å². The van der Waals surface area contributed by atoms with Gasteiger partial charge in [0.15, 0.2) is 0 Å². The van der Waals surface area contributed by atoms with Gasteiger partial charge in [-0.3, -0.25) is 9.88 Å². The van der Waals surface area contributed by atoms with Crippen LogP contribution in [0.15, 0.2) is 36.5 Å². The lowest BCUT2D eigenvalue weighted by Crippen LogP contribution is -2.25. The van der Waals surface area contributed by atoms with E-state index in [9.17, 15) is 4.39 Å². The van der Waals surface area contributed by atoms with Gasteiger partial charge in [-0.15, -0.1) is 0 Å². The summed E-state index contributed by atoms with van der Waals surface area (Å²) in [5.74, 6) is 0.631. The summed E-state index contributed by atoms with van der Waals surface area (Å²) in [6, 6.07) is 11.3. The molecule has 0 aliphatic carbocycles. The number of pyridine rings is 1. The average molecular weight is 365 g/mol. The van der Waals surface area contributed by atoms with Crippen LogP contribution in [0, 0.1) is 18.3 Å². The third-order valence-electron chi connectivity index (χ3n) is 4.86. The second-order valence-electron chi connectivity index (χ2n) is 6.85. The Kier molecular flexibility index (Phi) is 4.84. The van der Waals surface area contributed by atoms with Crippen LogP contribution in [0.25, 0.3) is 11.0 Å². The maximum atomic E-state index is 14.4. The Hall–Kier alpha value is -2.82. The molecule has 6 nitrogen and oxygen atoms in total. The Morgan fingerprint density at radius 3 is 3.07 bits per heavy atom. The number of halogens is 1. The van der Waals surface area contributed by atoms with Crippen LogP contribution in [-0.4, -0.2) is 45.2 Å². The number of benzene rings is 1. The number of aromatic nitrogens is 3. The zero-order chi connectivity index (χ0) is 18.8. The quantitative estimate of drug-likeness (QED) is 0.752. The van der Waals surface area contributed by atoms with E-state index < -0.39 is 12.3 Å². The number of nitrogens with one attached hydrogen (secondary N) is 1. The molecule has 2 atom stereocenters. The van der Waals surface area contributed by atoms with Gasteiger partial charge in [-0.1, -0.05) is 6.07 Å². The number of alkyl halides is 1. The molecule has 7 heteroatoms. The summed E-state index contributed by atoms with van der Waals surface area (Å²) in [6.07, 6.45) is 0.235. The van der Waals surface area contributed by atoms with E-state index in [0.29, 0.717) is 31.0 Å². The van der Waals surface area contributed by atoms with E-state index in [1.165, 1.54) is 0 Å². The maximum absolute atomic E-state index is 14.4. The summed E-state index contributed by atoms with van der Waals surface area (Å²) in [7, 11) is 0. The minimum absolute atomic E-state index is 0.206. The molecule has 1 saturated heterocycles. The average Bonchev–Trinajstić information content (AvgIpc) is 3.23. The monoisotopic (exact) mass is 365 g/mol. The van der Waals surface area contributed by atoms with Crippen LogP contribution >= 0.6 is 0 Å². The van der Waals surface area contributed by atoms with Crippen molar-refractivity contribution in [3.05, 3.63) is 59.2 Å². The Balaban J connectivity index is 1.37. The third-order valence-corrected chi connectivity index (χ3v) is 4.86. The number of H-pyrrole nitrogens is 1. The second-order valence-corrected chi connectivity index (χ2v) is 6.85. The minimum atomic E-state index is -1.04. The topological polar surface area (TPSA) is 77.8 Å². The molecular weight excluding hydrogens is 345 g/mol. The number of likely N-dealkylation sites (tertiary alicyclic amines) is 1. The van der Waals surface area contributed by atoms with E-state index in [1.54, 1.807) is 24.4 Å². The normalized spacial score (nSPS) is 20.2. The highest BCUT2D eigenvalue weighted by Gasteiger charge is 2.34. The Morgan fingerprint density at radius 2 is 2.26 bits per heavy atom. The fraction of sp³-hybridized carbons (Fsp3) is 0.350. The van der Waals surface area contributed by atoms with Crippen molar-refractivity contribution in [2.24, 2.45) is 0 Å². The number of hydrogen-bond acceptors (Lipinski definition) is 5. The highest BCUT2D eigenvalue weighted by atomic mass is 19.1. The predicted octanol–water partition coefficient (Wildman–Crippen LogP) is 2.88. The van der Waals surface area contributed by atoms with E-state index in [0.717, 1.165) is 22.3 Å². The molecule has 27 heavy (non-hydrogen) atoms. The molecule has 0 bridgehead atoms. The first-order valence-corrected chi connectivity index (χ1v) is 8.89. The molecule has 0 saturated carbocycles. The zero-order valence-corrected chi connectivity index (χ0v) is 15.0. The van der Waals surface area contributed by atoms with Gasteiger partial charge in [0.25, 0.3) is 0 Å². The summed E-state index contributed by atoms with van der Waals surface area (Å²) in [6.45, 7) is 3.70. The number of aryl methyl sites for hydroxylation is 1. The Labute approximate surface area is 156 Å². The van der Waals surface area contributed by atoms with Crippen molar-refractivity contribution in [1.29, 1.82) is 5.26 Å². The van der Waals surface area contributed by atoms with Crippen LogP contribution in [0.1, 0.15) is 22.6 Å². The first-order chi connectivity index (χ1) is 13.1. The number of imidazole rings is 1. The number of rotatable bonds is 5. The van der Waals surface area contributed by atoms with Crippen LogP contribution in [0.4, 0.5) is 4.39 Å². The summed E-state index contributed by atoms with van der Waals surface area (Å²) in [4.78, 5) is 14.0. The predicted molar refractivity (Wildman–Crippen MR) is 98.5 cm³/mol. The molecule has 0 radical (unpaired) electrons. The summed E-state index contributed by atoms with van der Waals surface area (Å²) >= 11 is 0. The van der Waals surface area contributed by atoms with Crippen molar-refractivity contribution in [2.75, 3.05) is 13.1 Å². The molecule has 2 aromatic heterocycles. The molecule has 4 rings (SSSR count). The molecule has 0 spiro atoms. The molecule has 3 heterocycles. The number of ether oxygens (including phenoxy) is 1. The van der Waals surface area contributed by atoms with Crippen molar-refractivity contribution < 1.29 is 9.13 Å². The second kappa shape index (κ2) is 7.43. The van der Waals surface area contributed by atoms with Crippen LogP contribution < -0.4 is 0 Å². The van der Waals surface area contributed by atoms with Gasteiger partial charge in [0.2, 0.25) is 0 Å². The highest BCUT2D eigenvalue weighted by Crippen LogP contribution is 2.21. The van der Waals surface area contributed by atoms with Crippen molar-refractivity contribution >= 4 is 11.0 Å². The van der Waals surface area contributed by atoms with E-state index in [1.807, 2.05) is 24.0 Å². The number of nitriles is 1. The number of nitrogens with zero attached hydrogens (tertiary/aromatic N) is 4. The Morgan fingerprint density at radius 1 is 1.37 bits per heavy atom. The summed E-state index contributed by atoms with van der Waals surface area (Å²) < 4.78 is 20.2. The number of fused-ring (bicyclic) bond motifs is 1. The van der Waals surface area contributed by atoms with Crippen LogP contribution in [0.5, 0.6) is 0 Å². The van der Waals surface area contributed by atoms with Crippen molar-refractivity contribution in [3.8, 4) is 6.07 Å². The number of aromatic amines is 1. The molecule has 0 unspecified atom stereocenters. The van der Waals surface area contributed by atoms with Gasteiger partial charge >= 0.3 is 0 Å². The molecule has 1 aliphatic rings. The van der Waals surface area contributed by atoms with Crippen LogP contribution in [0.3, 0.4) is 0 Å². The largest absolute Gasteiger partial charge is 0.366 e. The zero-order valence-electron chi connectivity index (χ0n) is 15.0. The van der Waals surface area contributed by atoms with Crippen molar-refractivity contribution in [3.63, 3.8) is 0 Å². The first-order valence-electron chi connectivity index (χ1n) is 8.89. The lowest BCUT2D eigenvalue weighted by molar-refractivity contribution is 0.00861. The lowest BCUT2D eigenvalue weighted by Gasteiger charge is -2.16. The first kappa shape index (κ1) is 17.6. The molecule has 1 aromatic carbocycles. The Bertz CT molecular complexity index is 995. The van der Waals surface area contributed by atoms with Crippen molar-refractivity contribution in [1.82, 2.24) is 19.9 Å². The fourth-order valence-corrected chi connectivity index (χ4v) is 3.38. The third kappa shape index (κ3) is 3.82. The minimum Gasteiger partial charge on any atom is -0.366 e. The summed E-state index contributed by atoms with van der Waals surface area (Å²) in [5.41, 5.74) is 4.19. The lowest BCUT2D eigenvalue weighted by atomic mass is 10.2. The van der Waals surface area contributed by atoms with Gasteiger partial charge in [-0.05, 0) is 36.8 Å².